The van der Waals surface area contributed by atoms with E-state index in [1.54, 1.807) is 0 Å². The first kappa shape index (κ1) is 30.0. The van der Waals surface area contributed by atoms with Gasteiger partial charge in [0.1, 0.15) is 0 Å². The van der Waals surface area contributed by atoms with E-state index in [0.717, 1.165) is 39.2 Å². The molecule has 1 aliphatic carbocycles. The van der Waals surface area contributed by atoms with Crippen LogP contribution in [0.15, 0.2) is 78.6 Å². The van der Waals surface area contributed by atoms with Gasteiger partial charge in [-0.1, -0.05) is 0 Å². The Bertz CT molecular complexity index is 1610. The molecule has 1 heterocycles. The number of anilines is 2. The zero-order valence-corrected chi connectivity index (χ0v) is 28.4. The summed E-state index contributed by atoms with van der Waals surface area (Å²) in [6.45, 7) is 14.5. The molecule has 41 heavy (non-hydrogen) atoms. The Morgan fingerprint density at radius 1 is 0.780 bits per heavy atom. The van der Waals surface area contributed by atoms with Gasteiger partial charge in [0.15, 0.2) is 0 Å². The molecule has 1 fully saturated rings. The maximum absolute atomic E-state index is 7.84. The van der Waals surface area contributed by atoms with Crippen LogP contribution in [-0.2, 0) is 16.6 Å². The Labute approximate surface area is 260 Å². The molecule has 5 rings (SSSR count). The SMILES string of the molecule is Cc1cc(C)c(N2CCN(c3c(C)cc(C)cc3C)[C]2=[Ru]([Cl])([Cl])=[C](OC2=CC=CCC2=S)c2ccccc2)c(C)c1. The van der Waals surface area contributed by atoms with E-state index in [-0.39, 0.29) is 0 Å². The fraction of sp³-hybridized carbons (Fsp3) is 0.265. The van der Waals surface area contributed by atoms with Crippen molar-refractivity contribution in [3.8, 4) is 0 Å². The van der Waals surface area contributed by atoms with Crippen molar-refractivity contribution in [2.24, 2.45) is 0 Å². The van der Waals surface area contributed by atoms with Gasteiger partial charge in [-0.3, -0.25) is 0 Å². The van der Waals surface area contributed by atoms with Crippen LogP contribution in [0.25, 0.3) is 0 Å². The molecule has 216 valence electrons. The molecule has 0 atom stereocenters. The second-order valence-electron chi connectivity index (χ2n) is 10.8. The van der Waals surface area contributed by atoms with E-state index in [4.69, 9.17) is 36.3 Å². The first-order valence-corrected chi connectivity index (χ1v) is 20.3. The Kier molecular flexibility index (Phi) is 8.83. The molecule has 0 radical (unpaired) electrons. The zero-order valence-electron chi connectivity index (χ0n) is 24.4. The van der Waals surface area contributed by atoms with Crippen molar-refractivity contribution in [1.29, 1.82) is 0 Å². The number of hydrogen-bond acceptors (Lipinski definition) is 4. The minimum atomic E-state index is -4.03. The van der Waals surface area contributed by atoms with Crippen LogP contribution in [0.3, 0.4) is 0 Å². The minimum absolute atomic E-state index is 0.602. The third kappa shape index (κ3) is 5.93. The van der Waals surface area contributed by atoms with Crippen molar-refractivity contribution in [2.75, 3.05) is 22.9 Å². The summed E-state index contributed by atoms with van der Waals surface area (Å²) in [6, 6.07) is 18.9. The first-order valence-electron chi connectivity index (χ1n) is 13.7. The molecular weight excluding hydrogens is 656 g/mol. The fourth-order valence-corrected chi connectivity index (χ4v) is 12.7. The van der Waals surface area contributed by atoms with Crippen molar-refractivity contribution in [2.45, 2.75) is 48.0 Å². The molecule has 3 nitrogen and oxygen atoms in total. The van der Waals surface area contributed by atoms with Crippen LogP contribution in [0.4, 0.5) is 11.4 Å². The molecule has 1 aliphatic heterocycles. The molecule has 0 aromatic heterocycles. The standard InChI is InChI=1S/C21H26N2.C13H10OS.2ClH.Ru/c1-14-9-16(3)20(17(4)10-14)22-7-8-23(13-22)21-18(5)11-15(2)12-19(21)6;15-13-9-5-4-8-12(13)14-10-11-6-2-1-3-7-11;;;/h9-12H,7-8H2,1-6H3;1-8H,9H2;2*1H;/q;;;;+2/p-2. The van der Waals surface area contributed by atoms with E-state index in [2.05, 4.69) is 75.6 Å². The molecule has 7 heteroatoms. The van der Waals surface area contributed by atoms with Gasteiger partial charge >= 0.3 is 261 Å². The Morgan fingerprint density at radius 2 is 1.27 bits per heavy atom. The van der Waals surface area contributed by atoms with Gasteiger partial charge in [0, 0.05) is 0 Å². The van der Waals surface area contributed by atoms with Crippen LogP contribution >= 0.6 is 31.6 Å². The van der Waals surface area contributed by atoms with Gasteiger partial charge in [0.05, 0.1) is 0 Å². The molecule has 3 aromatic carbocycles. The van der Waals surface area contributed by atoms with E-state index in [1.165, 1.54) is 33.4 Å². The molecule has 0 amide bonds. The second kappa shape index (κ2) is 12.1. The van der Waals surface area contributed by atoms with E-state index in [0.29, 0.717) is 16.5 Å². The molecule has 0 saturated carbocycles. The second-order valence-corrected chi connectivity index (χ2v) is 20.4. The number of benzene rings is 3. The molecular formula is C34H36Cl2N2ORuS. The van der Waals surface area contributed by atoms with Crippen LogP contribution in [0.1, 0.15) is 45.4 Å². The summed E-state index contributed by atoms with van der Waals surface area (Å²) in [5, 5.41) is 0. The number of nitrogens with zero attached hydrogens (tertiary/aromatic N) is 2. The average molecular weight is 693 g/mol. The van der Waals surface area contributed by atoms with Gasteiger partial charge in [-0.2, -0.15) is 0 Å². The molecule has 0 bridgehead atoms. The van der Waals surface area contributed by atoms with Gasteiger partial charge in [-0.25, -0.2) is 0 Å². The summed E-state index contributed by atoms with van der Waals surface area (Å²) in [7, 11) is 15.7. The number of halogens is 2. The average Bonchev–Trinajstić information content (AvgIpc) is 3.32. The Morgan fingerprint density at radius 3 is 1.73 bits per heavy atom. The number of thiocarbonyl (C=S) groups is 1. The molecule has 1 saturated heterocycles. The molecule has 3 aromatic rings. The van der Waals surface area contributed by atoms with Crippen molar-refractivity contribution >= 4 is 56.5 Å². The Balaban J connectivity index is 1.90. The Hall–Kier alpha value is -2.43. The summed E-state index contributed by atoms with van der Waals surface area (Å²) in [5.74, 6) is 0.634. The number of hydrogen-bond donors (Lipinski definition) is 0. The van der Waals surface area contributed by atoms with Gasteiger partial charge < -0.3 is 0 Å². The fourth-order valence-electron chi connectivity index (χ4n) is 5.94. The van der Waals surface area contributed by atoms with Crippen LogP contribution < -0.4 is 9.80 Å². The van der Waals surface area contributed by atoms with Gasteiger partial charge in [-0.05, 0) is 0 Å². The number of allylic oxidation sites excluding steroid dienone is 4. The zero-order chi connectivity index (χ0) is 29.5. The molecule has 2 aliphatic rings. The first-order chi connectivity index (χ1) is 19.5. The molecule has 0 spiro atoms. The van der Waals surface area contributed by atoms with Crippen molar-refractivity contribution in [3.05, 3.63) is 118 Å². The van der Waals surface area contributed by atoms with Crippen LogP contribution in [0.2, 0.25) is 0 Å². The van der Waals surface area contributed by atoms with Crippen molar-refractivity contribution < 1.29 is 16.6 Å². The summed E-state index contributed by atoms with van der Waals surface area (Å²) >= 11 is 1.66. The number of aryl methyl sites for hydroxylation is 6. The number of rotatable bonds is 5. The van der Waals surface area contributed by atoms with E-state index >= 15 is 0 Å². The number of ether oxygens (including phenoxy) is 1. The molecule has 0 unspecified atom stereocenters. The van der Waals surface area contributed by atoms with Crippen LogP contribution in [-0.4, -0.2) is 26.6 Å². The monoisotopic (exact) mass is 692 g/mol. The predicted octanol–water partition coefficient (Wildman–Crippen LogP) is 8.82. The summed E-state index contributed by atoms with van der Waals surface area (Å²) < 4.78 is 8.24. The maximum atomic E-state index is 7.84. The van der Waals surface area contributed by atoms with Crippen molar-refractivity contribution in [3.63, 3.8) is 0 Å². The summed E-state index contributed by atoms with van der Waals surface area (Å²) in [4.78, 5) is 5.45. The van der Waals surface area contributed by atoms with Crippen molar-refractivity contribution in [1.82, 2.24) is 0 Å². The van der Waals surface area contributed by atoms with E-state index in [9.17, 15) is 0 Å². The quantitative estimate of drug-likeness (QED) is 0.196. The summed E-state index contributed by atoms with van der Waals surface area (Å²) in [5.41, 5.74) is 10.5. The normalized spacial score (nSPS) is 15.9. The van der Waals surface area contributed by atoms with E-state index < -0.39 is 11.9 Å². The molecule has 0 N–H and O–H groups in total. The van der Waals surface area contributed by atoms with E-state index in [1.807, 2.05) is 48.6 Å². The predicted molar refractivity (Wildman–Crippen MR) is 179 cm³/mol. The van der Waals surface area contributed by atoms with Gasteiger partial charge in [0.25, 0.3) is 0 Å². The third-order valence-electron chi connectivity index (χ3n) is 7.34. The third-order valence-corrected chi connectivity index (χ3v) is 14.1. The van der Waals surface area contributed by atoms with Crippen LogP contribution in [0.5, 0.6) is 0 Å². The summed E-state index contributed by atoms with van der Waals surface area (Å²) in [6.07, 6.45) is 6.58. The topological polar surface area (TPSA) is 15.7 Å². The van der Waals surface area contributed by atoms with Gasteiger partial charge in [0.2, 0.25) is 0 Å². The van der Waals surface area contributed by atoms with Gasteiger partial charge in [-0.15, -0.1) is 0 Å². The van der Waals surface area contributed by atoms with Crippen LogP contribution in [0, 0.1) is 41.5 Å².